The lowest BCUT2D eigenvalue weighted by Gasteiger charge is -2.23. The fourth-order valence-corrected chi connectivity index (χ4v) is 2.02. The second kappa shape index (κ2) is 6.52. The summed E-state index contributed by atoms with van der Waals surface area (Å²) in [5.74, 6) is -0.108. The predicted molar refractivity (Wildman–Crippen MR) is 81.9 cm³/mol. The van der Waals surface area contributed by atoms with Crippen LogP contribution in [0, 0.1) is 0 Å². The first-order valence-corrected chi connectivity index (χ1v) is 7.31. The van der Waals surface area contributed by atoms with Crippen molar-refractivity contribution in [2.24, 2.45) is 0 Å². The molecule has 0 aliphatic carbocycles. The van der Waals surface area contributed by atoms with E-state index in [-0.39, 0.29) is 5.91 Å². The first kappa shape index (κ1) is 15.2. The number of hydrogen-bond donors (Lipinski definition) is 1. The van der Waals surface area contributed by atoms with Crippen molar-refractivity contribution in [1.82, 2.24) is 20.3 Å². The van der Waals surface area contributed by atoms with Crippen LogP contribution < -0.4 is 5.32 Å². The van der Waals surface area contributed by atoms with Crippen LogP contribution in [0.15, 0.2) is 36.5 Å². The molecule has 1 N–H and O–H groups in total. The number of unbranched alkanes of at least 4 members (excludes halogenated alkanes) is 1. The highest BCUT2D eigenvalue weighted by atomic mass is 16.1. The first-order chi connectivity index (χ1) is 10.0. The summed E-state index contributed by atoms with van der Waals surface area (Å²) in [6, 6.07) is 9.18. The lowest BCUT2D eigenvalue weighted by molar-refractivity contribution is 0.0910. The monoisotopic (exact) mass is 286 g/mol. The summed E-state index contributed by atoms with van der Waals surface area (Å²) in [6.45, 7) is 6.86. The van der Waals surface area contributed by atoms with Crippen molar-refractivity contribution in [3.05, 3.63) is 47.8 Å². The summed E-state index contributed by atoms with van der Waals surface area (Å²) >= 11 is 0. The molecule has 0 unspecified atom stereocenters. The van der Waals surface area contributed by atoms with E-state index in [0.29, 0.717) is 5.56 Å². The van der Waals surface area contributed by atoms with Crippen LogP contribution in [0.25, 0.3) is 0 Å². The molecule has 0 fully saturated rings. The zero-order valence-corrected chi connectivity index (χ0v) is 12.8. The predicted octanol–water partition coefficient (Wildman–Crippen LogP) is 2.74. The number of carbonyl (C=O) groups excluding carboxylic acids is 1. The third-order valence-electron chi connectivity index (χ3n) is 3.38. The van der Waals surface area contributed by atoms with Gasteiger partial charge in [-0.3, -0.25) is 9.48 Å². The second-order valence-corrected chi connectivity index (χ2v) is 5.67. The molecule has 0 spiro atoms. The molecular weight excluding hydrogens is 264 g/mol. The average Bonchev–Trinajstić information content (AvgIpc) is 2.95. The third-order valence-corrected chi connectivity index (χ3v) is 3.38. The summed E-state index contributed by atoms with van der Waals surface area (Å²) < 4.78 is 1.83. The van der Waals surface area contributed by atoms with Gasteiger partial charge in [-0.1, -0.05) is 36.8 Å². The molecule has 5 heteroatoms. The van der Waals surface area contributed by atoms with Gasteiger partial charge in [-0.2, -0.15) is 0 Å². The van der Waals surface area contributed by atoms with Crippen LogP contribution in [0.1, 0.15) is 49.7 Å². The molecule has 0 radical (unpaired) electrons. The standard InChI is InChI=1S/C16H22N4O/c1-4-5-11-20-12-14(18-19-20)16(2,3)17-15(21)13-9-7-6-8-10-13/h6-10,12H,4-5,11H2,1-3H3,(H,17,21). The molecule has 0 saturated heterocycles. The van der Waals surface area contributed by atoms with Gasteiger partial charge >= 0.3 is 0 Å². The number of aromatic nitrogens is 3. The van der Waals surface area contributed by atoms with Crippen LogP contribution in [0.5, 0.6) is 0 Å². The number of nitrogens with one attached hydrogen (secondary N) is 1. The highest BCUT2D eigenvalue weighted by molar-refractivity contribution is 5.94. The maximum Gasteiger partial charge on any atom is 0.252 e. The molecule has 1 amide bonds. The van der Waals surface area contributed by atoms with Gasteiger partial charge in [-0.15, -0.1) is 5.10 Å². The summed E-state index contributed by atoms with van der Waals surface area (Å²) in [4.78, 5) is 12.2. The molecule has 1 aromatic carbocycles. The highest BCUT2D eigenvalue weighted by Gasteiger charge is 2.26. The van der Waals surface area contributed by atoms with Crippen molar-refractivity contribution in [2.75, 3.05) is 0 Å². The van der Waals surface area contributed by atoms with E-state index in [1.807, 2.05) is 42.9 Å². The Morgan fingerprint density at radius 3 is 2.67 bits per heavy atom. The van der Waals surface area contributed by atoms with Crippen LogP contribution in [0.2, 0.25) is 0 Å². The Hall–Kier alpha value is -2.17. The van der Waals surface area contributed by atoms with Gasteiger partial charge in [-0.25, -0.2) is 0 Å². The van der Waals surface area contributed by atoms with Crippen LogP contribution in [0.4, 0.5) is 0 Å². The molecule has 0 aliphatic heterocycles. The number of carbonyl (C=O) groups is 1. The van der Waals surface area contributed by atoms with Crippen molar-refractivity contribution in [1.29, 1.82) is 0 Å². The Kier molecular flexibility index (Phi) is 4.73. The van der Waals surface area contributed by atoms with Gasteiger partial charge in [0.25, 0.3) is 5.91 Å². The number of nitrogens with zero attached hydrogens (tertiary/aromatic N) is 3. The first-order valence-electron chi connectivity index (χ1n) is 7.31. The van der Waals surface area contributed by atoms with Crippen LogP contribution >= 0.6 is 0 Å². The maximum atomic E-state index is 12.2. The number of aryl methyl sites for hydroxylation is 1. The summed E-state index contributed by atoms with van der Waals surface area (Å²) in [6.07, 6.45) is 4.09. The van der Waals surface area contributed by atoms with Crippen molar-refractivity contribution in [3.8, 4) is 0 Å². The zero-order valence-electron chi connectivity index (χ0n) is 12.8. The van der Waals surface area contributed by atoms with Gasteiger partial charge in [-0.05, 0) is 32.4 Å². The molecule has 1 heterocycles. The van der Waals surface area contributed by atoms with Gasteiger partial charge in [0.15, 0.2) is 0 Å². The maximum absolute atomic E-state index is 12.2. The van der Waals surface area contributed by atoms with Crippen molar-refractivity contribution in [3.63, 3.8) is 0 Å². The fourth-order valence-electron chi connectivity index (χ4n) is 2.02. The van der Waals surface area contributed by atoms with Gasteiger partial charge in [0.05, 0.1) is 11.7 Å². The smallest absolute Gasteiger partial charge is 0.252 e. The topological polar surface area (TPSA) is 59.8 Å². The number of amides is 1. The Labute approximate surface area is 125 Å². The van der Waals surface area contributed by atoms with E-state index in [4.69, 9.17) is 0 Å². The number of hydrogen-bond acceptors (Lipinski definition) is 3. The second-order valence-electron chi connectivity index (χ2n) is 5.67. The summed E-state index contributed by atoms with van der Waals surface area (Å²) in [5.41, 5.74) is 0.851. The molecular formula is C16H22N4O. The Bertz CT molecular complexity index is 589. The zero-order chi connectivity index (χ0) is 15.3. The lowest BCUT2D eigenvalue weighted by atomic mass is 10.0. The number of benzene rings is 1. The highest BCUT2D eigenvalue weighted by Crippen LogP contribution is 2.18. The van der Waals surface area contributed by atoms with Crippen molar-refractivity contribution in [2.45, 2.75) is 45.7 Å². The van der Waals surface area contributed by atoms with Crippen molar-refractivity contribution < 1.29 is 4.79 Å². The van der Waals surface area contributed by atoms with E-state index >= 15 is 0 Å². The molecule has 5 nitrogen and oxygen atoms in total. The number of rotatable bonds is 6. The Balaban J connectivity index is 2.07. The van der Waals surface area contributed by atoms with E-state index < -0.39 is 5.54 Å². The average molecular weight is 286 g/mol. The van der Waals surface area contributed by atoms with Crippen LogP contribution in [-0.2, 0) is 12.1 Å². The van der Waals surface area contributed by atoms with Gasteiger partial charge < -0.3 is 5.32 Å². The van der Waals surface area contributed by atoms with E-state index in [1.165, 1.54) is 0 Å². The summed E-state index contributed by atoms with van der Waals surface area (Å²) in [7, 11) is 0. The third kappa shape index (κ3) is 3.90. The fraction of sp³-hybridized carbons (Fsp3) is 0.438. The van der Waals surface area contributed by atoms with Gasteiger partial charge in [0.1, 0.15) is 5.69 Å². The minimum atomic E-state index is -0.558. The van der Waals surface area contributed by atoms with E-state index in [1.54, 1.807) is 12.1 Å². The molecule has 0 aliphatic rings. The largest absolute Gasteiger partial charge is 0.341 e. The molecule has 2 rings (SSSR count). The van der Waals surface area contributed by atoms with Crippen LogP contribution in [0.3, 0.4) is 0 Å². The van der Waals surface area contributed by atoms with E-state index in [2.05, 4.69) is 22.6 Å². The molecule has 1 aromatic heterocycles. The molecule has 0 atom stereocenters. The van der Waals surface area contributed by atoms with Gasteiger partial charge in [0.2, 0.25) is 0 Å². The summed E-state index contributed by atoms with van der Waals surface area (Å²) in [5, 5.41) is 11.3. The van der Waals surface area contributed by atoms with Gasteiger partial charge in [0, 0.05) is 12.1 Å². The Morgan fingerprint density at radius 1 is 1.29 bits per heavy atom. The quantitative estimate of drug-likeness (QED) is 0.888. The lowest BCUT2D eigenvalue weighted by Crippen LogP contribution is -2.41. The SMILES string of the molecule is CCCCn1cc(C(C)(C)NC(=O)c2ccccc2)nn1. The molecule has 21 heavy (non-hydrogen) atoms. The molecule has 0 bridgehead atoms. The van der Waals surface area contributed by atoms with E-state index in [0.717, 1.165) is 25.1 Å². The van der Waals surface area contributed by atoms with Crippen LogP contribution in [-0.4, -0.2) is 20.9 Å². The molecule has 112 valence electrons. The van der Waals surface area contributed by atoms with Crippen molar-refractivity contribution >= 4 is 5.91 Å². The molecule has 0 saturated carbocycles. The normalized spacial score (nSPS) is 11.4. The Morgan fingerprint density at radius 2 is 2.00 bits per heavy atom. The minimum Gasteiger partial charge on any atom is -0.341 e. The minimum absolute atomic E-state index is 0.108. The molecule has 2 aromatic rings. The van der Waals surface area contributed by atoms with E-state index in [9.17, 15) is 4.79 Å².